The molecule has 52 valence electrons. The summed E-state index contributed by atoms with van der Waals surface area (Å²) < 4.78 is 0. The van der Waals surface area contributed by atoms with Gasteiger partial charge < -0.3 is 10.6 Å². The van der Waals surface area contributed by atoms with Crippen molar-refractivity contribution >= 4 is 0 Å². The minimum absolute atomic E-state index is 0.780. The van der Waals surface area contributed by atoms with Crippen LogP contribution in [-0.2, 0) is 0 Å². The molecule has 4 N–H and O–H groups in total. The van der Waals surface area contributed by atoms with E-state index < -0.39 is 0 Å². The van der Waals surface area contributed by atoms with Gasteiger partial charge in [-0.1, -0.05) is 0 Å². The zero-order chi connectivity index (χ0) is 6.27. The van der Waals surface area contributed by atoms with Crippen LogP contribution in [0.4, 0.5) is 0 Å². The summed E-state index contributed by atoms with van der Waals surface area (Å²) in [5.74, 6) is 0.988. The molecule has 0 radical (unpaired) electrons. The molecule has 0 aromatic carbocycles. The Bertz CT molecular complexity index is 105. The Labute approximate surface area is 56.0 Å². The Morgan fingerprint density at radius 3 is 2.11 bits per heavy atom. The van der Waals surface area contributed by atoms with Crippen molar-refractivity contribution in [2.45, 2.75) is 18.9 Å². The summed E-state index contributed by atoms with van der Waals surface area (Å²) in [5.41, 5.74) is 4.16. The first-order chi connectivity index (χ1) is 4.36. The standard InChI is InChI=1S/C7H14N2/c8-7-5-9-3-1-6(7)2-4-9/h6-7H,1-5,8H2/p+2/t7-/m1/s1. The van der Waals surface area contributed by atoms with Crippen LogP contribution in [0.3, 0.4) is 0 Å². The van der Waals surface area contributed by atoms with E-state index in [0.29, 0.717) is 0 Å². The summed E-state index contributed by atoms with van der Waals surface area (Å²) >= 11 is 0. The van der Waals surface area contributed by atoms with E-state index in [1.165, 1.54) is 32.5 Å². The maximum absolute atomic E-state index is 4.16. The lowest BCUT2D eigenvalue weighted by Crippen LogP contribution is -3.18. The number of hydrogen-bond acceptors (Lipinski definition) is 0. The van der Waals surface area contributed by atoms with Crippen LogP contribution in [-0.4, -0.2) is 25.7 Å². The number of fused-ring (bicyclic) bond motifs is 3. The molecule has 3 aliphatic heterocycles. The van der Waals surface area contributed by atoms with E-state index in [9.17, 15) is 0 Å². The lowest BCUT2D eigenvalue weighted by molar-refractivity contribution is -0.929. The molecule has 9 heavy (non-hydrogen) atoms. The van der Waals surface area contributed by atoms with Crippen molar-refractivity contribution in [3.8, 4) is 0 Å². The van der Waals surface area contributed by atoms with Crippen molar-refractivity contribution in [3.05, 3.63) is 0 Å². The molecule has 3 fully saturated rings. The van der Waals surface area contributed by atoms with Gasteiger partial charge in [-0.15, -0.1) is 0 Å². The second-order valence-corrected chi connectivity index (χ2v) is 3.55. The molecule has 3 aliphatic rings. The summed E-state index contributed by atoms with van der Waals surface area (Å²) in [6.07, 6.45) is 2.90. The fourth-order valence-corrected chi connectivity index (χ4v) is 2.26. The molecule has 3 saturated heterocycles. The van der Waals surface area contributed by atoms with E-state index >= 15 is 0 Å². The van der Waals surface area contributed by atoms with E-state index in [1.54, 1.807) is 4.90 Å². The van der Waals surface area contributed by atoms with Gasteiger partial charge >= 0.3 is 0 Å². The van der Waals surface area contributed by atoms with Crippen LogP contribution in [0.25, 0.3) is 0 Å². The highest BCUT2D eigenvalue weighted by atomic mass is 15.2. The van der Waals surface area contributed by atoms with E-state index in [4.69, 9.17) is 0 Å². The van der Waals surface area contributed by atoms with Crippen LogP contribution < -0.4 is 10.6 Å². The third-order valence-electron chi connectivity index (χ3n) is 2.95. The fraction of sp³-hybridized carbons (Fsp3) is 1.00. The van der Waals surface area contributed by atoms with E-state index in [-0.39, 0.29) is 0 Å². The van der Waals surface area contributed by atoms with Crippen LogP contribution in [0.5, 0.6) is 0 Å². The molecule has 0 unspecified atom stereocenters. The summed E-state index contributed by atoms with van der Waals surface area (Å²) in [5, 5.41) is 0. The highest BCUT2D eigenvalue weighted by molar-refractivity contribution is 4.73. The summed E-state index contributed by atoms with van der Waals surface area (Å²) in [7, 11) is 0. The SMILES string of the molecule is [NH3+][C@@H]1C[NH+]2CCC1CC2. The first-order valence-corrected chi connectivity index (χ1v) is 4.03. The number of nitrogens with one attached hydrogen (secondary N) is 1. The van der Waals surface area contributed by atoms with Gasteiger partial charge in [-0.3, -0.25) is 0 Å². The van der Waals surface area contributed by atoms with Gasteiger partial charge in [-0.05, 0) is 0 Å². The molecule has 0 aromatic rings. The van der Waals surface area contributed by atoms with Crippen LogP contribution in [0.1, 0.15) is 12.8 Å². The van der Waals surface area contributed by atoms with Crippen molar-refractivity contribution in [3.63, 3.8) is 0 Å². The van der Waals surface area contributed by atoms with Crippen LogP contribution in [0.15, 0.2) is 0 Å². The molecule has 0 spiro atoms. The van der Waals surface area contributed by atoms with Gasteiger partial charge in [0.05, 0.1) is 13.1 Å². The number of quaternary nitrogens is 2. The summed E-state index contributed by atoms with van der Waals surface area (Å²) in [6.45, 7) is 4.21. The first kappa shape index (κ1) is 5.69. The van der Waals surface area contributed by atoms with Gasteiger partial charge in [0.2, 0.25) is 0 Å². The lowest BCUT2D eigenvalue weighted by Gasteiger charge is -2.37. The Hall–Kier alpha value is -0.0800. The predicted molar refractivity (Wildman–Crippen MR) is 35.0 cm³/mol. The molecule has 3 rings (SSSR count). The topological polar surface area (TPSA) is 32.1 Å². The van der Waals surface area contributed by atoms with Crippen molar-refractivity contribution in [1.82, 2.24) is 0 Å². The molecule has 1 atom stereocenters. The molecule has 2 nitrogen and oxygen atoms in total. The van der Waals surface area contributed by atoms with Crippen LogP contribution >= 0.6 is 0 Å². The maximum atomic E-state index is 4.16. The second-order valence-electron chi connectivity index (χ2n) is 3.55. The quantitative estimate of drug-likeness (QED) is 0.375. The Kier molecular flexibility index (Phi) is 1.24. The third-order valence-corrected chi connectivity index (χ3v) is 2.95. The highest BCUT2D eigenvalue weighted by Gasteiger charge is 2.37. The van der Waals surface area contributed by atoms with Gasteiger partial charge in [0.25, 0.3) is 0 Å². The average Bonchev–Trinajstić information content (AvgIpc) is 1.90. The highest BCUT2D eigenvalue weighted by Crippen LogP contribution is 2.14. The monoisotopic (exact) mass is 128 g/mol. The first-order valence-electron chi connectivity index (χ1n) is 4.03. The Morgan fingerprint density at radius 2 is 1.89 bits per heavy atom. The van der Waals surface area contributed by atoms with Crippen molar-refractivity contribution in [2.75, 3.05) is 19.6 Å². The molecule has 2 bridgehead atoms. The van der Waals surface area contributed by atoms with Gasteiger partial charge in [0.15, 0.2) is 0 Å². The van der Waals surface area contributed by atoms with Gasteiger partial charge in [0, 0.05) is 18.8 Å². The van der Waals surface area contributed by atoms with Gasteiger partial charge in [-0.2, -0.15) is 0 Å². The lowest BCUT2D eigenvalue weighted by atomic mass is 9.85. The fourth-order valence-electron chi connectivity index (χ4n) is 2.26. The zero-order valence-electron chi connectivity index (χ0n) is 5.90. The summed E-state index contributed by atoms with van der Waals surface area (Å²) in [6, 6.07) is 0.780. The normalized spacial score (nSPS) is 49.7. The molecular weight excluding hydrogens is 112 g/mol. The third kappa shape index (κ3) is 0.864. The maximum Gasteiger partial charge on any atom is 0.137 e. The van der Waals surface area contributed by atoms with Crippen LogP contribution in [0, 0.1) is 5.92 Å². The van der Waals surface area contributed by atoms with Gasteiger partial charge in [0.1, 0.15) is 12.6 Å². The van der Waals surface area contributed by atoms with Crippen molar-refractivity contribution < 1.29 is 10.6 Å². The molecular formula is C7H16N2+2. The minimum Gasteiger partial charge on any atom is -0.350 e. The van der Waals surface area contributed by atoms with E-state index in [0.717, 1.165) is 12.0 Å². The Balaban J connectivity index is 2.06. The molecule has 0 amide bonds. The molecule has 0 saturated carbocycles. The number of hydrogen-bond donors (Lipinski definition) is 2. The largest absolute Gasteiger partial charge is 0.350 e. The average molecular weight is 128 g/mol. The smallest absolute Gasteiger partial charge is 0.137 e. The van der Waals surface area contributed by atoms with E-state index in [1.807, 2.05) is 0 Å². The Morgan fingerprint density at radius 1 is 1.22 bits per heavy atom. The predicted octanol–water partition coefficient (Wildman–Crippen LogP) is -2.09. The summed E-state index contributed by atoms with van der Waals surface area (Å²) in [4.78, 5) is 1.80. The van der Waals surface area contributed by atoms with Crippen molar-refractivity contribution in [1.29, 1.82) is 0 Å². The van der Waals surface area contributed by atoms with E-state index in [2.05, 4.69) is 5.73 Å². The second kappa shape index (κ2) is 1.96. The molecule has 3 heterocycles. The minimum atomic E-state index is 0.780. The number of piperidine rings is 3. The van der Waals surface area contributed by atoms with Crippen molar-refractivity contribution in [2.24, 2.45) is 5.92 Å². The molecule has 0 aliphatic carbocycles. The molecule has 2 heteroatoms. The number of rotatable bonds is 0. The zero-order valence-corrected chi connectivity index (χ0v) is 5.90. The molecule has 0 aromatic heterocycles. The van der Waals surface area contributed by atoms with Crippen LogP contribution in [0.2, 0.25) is 0 Å². The van der Waals surface area contributed by atoms with Gasteiger partial charge in [-0.25, -0.2) is 0 Å².